The molecule has 4 aromatic heterocycles. The van der Waals surface area contributed by atoms with Gasteiger partial charge in [0.15, 0.2) is 17.5 Å². The van der Waals surface area contributed by atoms with Gasteiger partial charge in [0.05, 0.1) is 22.1 Å². The third-order valence-electron chi connectivity index (χ3n) is 13.5. The van der Waals surface area contributed by atoms with Gasteiger partial charge >= 0.3 is 0 Å². The quantitative estimate of drug-likeness (QED) is 0.159. The Bertz CT molecular complexity index is 4250. The van der Waals surface area contributed by atoms with Crippen LogP contribution in [0.2, 0.25) is 0 Å². The third kappa shape index (κ3) is 6.38. The van der Waals surface area contributed by atoms with Crippen molar-refractivity contribution in [1.29, 1.82) is 0 Å². The van der Waals surface area contributed by atoms with E-state index in [2.05, 4.69) is 168 Å². The van der Waals surface area contributed by atoms with Crippen LogP contribution >= 0.6 is 0 Å². The Hall–Kier alpha value is -9.39. The Kier molecular flexibility index (Phi) is 8.79. The van der Waals surface area contributed by atoms with Gasteiger partial charge in [0.1, 0.15) is 22.3 Å². The number of nitrogens with zero attached hydrogens (tertiary/aromatic N) is 4. The molecule has 4 heterocycles. The van der Waals surface area contributed by atoms with Gasteiger partial charge in [-0.1, -0.05) is 176 Å². The van der Waals surface area contributed by atoms with Crippen molar-refractivity contribution in [2.45, 2.75) is 0 Å². The molecule has 0 fully saturated rings. The maximum Gasteiger partial charge on any atom is 0.164 e. The van der Waals surface area contributed by atoms with Crippen molar-refractivity contribution < 1.29 is 8.83 Å². The SMILES string of the molecule is c1ccc(-c2ccc3c(c2)c2ccccc2n3-c2c(-c3ccc4oc5c(-c6cccc(-c7nc(-c8ccccc8)nc(-c8ccccc8)n7)c6)cccc5c4c3)ccc3oc4ccccc4c23)cc1. The van der Waals surface area contributed by atoms with Gasteiger partial charge in [0.25, 0.3) is 0 Å². The number of fused-ring (bicyclic) bond motifs is 9. The largest absolute Gasteiger partial charge is 0.456 e. The van der Waals surface area contributed by atoms with Gasteiger partial charge in [0, 0.05) is 54.7 Å². The molecule has 0 amide bonds. The fourth-order valence-electron chi connectivity index (χ4n) is 10.2. The normalized spacial score (nSPS) is 11.8. The maximum atomic E-state index is 6.85. The van der Waals surface area contributed by atoms with Crippen molar-refractivity contribution in [3.8, 4) is 73.2 Å². The molecule has 0 unspecified atom stereocenters. The summed E-state index contributed by atoms with van der Waals surface area (Å²) in [6.45, 7) is 0. The van der Waals surface area contributed by atoms with E-state index in [9.17, 15) is 0 Å². The lowest BCUT2D eigenvalue weighted by atomic mass is 9.96. The summed E-state index contributed by atoms with van der Waals surface area (Å²) in [6.07, 6.45) is 0. The molecule has 0 aliphatic rings. The predicted octanol–water partition coefficient (Wildman–Crippen LogP) is 16.8. The molecule has 6 nitrogen and oxygen atoms in total. The zero-order chi connectivity index (χ0) is 45.4. The van der Waals surface area contributed by atoms with Crippen molar-refractivity contribution in [3.05, 3.63) is 231 Å². The summed E-state index contributed by atoms with van der Waals surface area (Å²) in [6, 6.07) is 80.4. The summed E-state index contributed by atoms with van der Waals surface area (Å²) < 4.78 is 15.9. The topological polar surface area (TPSA) is 69.9 Å². The molecule has 6 heteroatoms. The average molecular weight is 883 g/mol. The maximum absolute atomic E-state index is 6.85. The molecular formula is C63H38N4O2. The van der Waals surface area contributed by atoms with Gasteiger partial charge in [-0.05, 0) is 76.9 Å². The van der Waals surface area contributed by atoms with Crippen LogP contribution in [0.25, 0.3) is 139 Å². The van der Waals surface area contributed by atoms with Crippen LogP contribution in [0.5, 0.6) is 0 Å². The number of hydrogen-bond acceptors (Lipinski definition) is 5. The van der Waals surface area contributed by atoms with Crippen molar-refractivity contribution in [1.82, 2.24) is 19.5 Å². The fraction of sp³-hybridized carbons (Fsp3) is 0. The molecule has 0 radical (unpaired) electrons. The molecule has 0 spiro atoms. The van der Waals surface area contributed by atoms with E-state index in [1.54, 1.807) is 0 Å². The highest BCUT2D eigenvalue weighted by atomic mass is 16.3. The van der Waals surface area contributed by atoms with Crippen molar-refractivity contribution >= 4 is 65.7 Å². The van der Waals surface area contributed by atoms with Gasteiger partial charge in [-0.15, -0.1) is 0 Å². The second kappa shape index (κ2) is 15.6. The number of rotatable bonds is 7. The van der Waals surface area contributed by atoms with E-state index in [4.69, 9.17) is 23.8 Å². The van der Waals surface area contributed by atoms with Gasteiger partial charge in [-0.3, -0.25) is 0 Å². The standard InChI is InChI=1S/C63H38N4O2/c1-4-16-39(17-5-1)42-30-33-54-51(37-42)48-24-10-12-28-53(48)67(54)59-46(32-35-57-58(59)50-25-11-13-29-55(50)68-57)44-31-34-56-52(38-44)49-27-15-26-47(60(49)69-56)43-22-14-23-45(36-43)63-65-61(40-18-6-2-7-19-40)64-62(66-63)41-20-8-3-9-21-41/h1-38H. The lowest BCUT2D eigenvalue weighted by molar-refractivity contribution is 0.668. The first-order chi connectivity index (χ1) is 34.2. The number of aromatic nitrogens is 4. The zero-order valence-electron chi connectivity index (χ0n) is 37.0. The summed E-state index contributed by atoms with van der Waals surface area (Å²) in [4.78, 5) is 15.0. The second-order valence-electron chi connectivity index (χ2n) is 17.5. The highest BCUT2D eigenvalue weighted by Gasteiger charge is 2.23. The molecule has 14 aromatic rings. The van der Waals surface area contributed by atoms with Crippen LogP contribution in [-0.4, -0.2) is 19.5 Å². The van der Waals surface area contributed by atoms with E-state index in [-0.39, 0.29) is 0 Å². The molecule has 0 saturated carbocycles. The van der Waals surface area contributed by atoms with Gasteiger partial charge in [-0.2, -0.15) is 0 Å². The van der Waals surface area contributed by atoms with E-state index < -0.39 is 0 Å². The molecule has 10 aromatic carbocycles. The molecule has 0 saturated heterocycles. The summed E-state index contributed by atoms with van der Waals surface area (Å²) >= 11 is 0. The molecular weight excluding hydrogens is 845 g/mol. The first-order valence-corrected chi connectivity index (χ1v) is 23.2. The summed E-state index contributed by atoms with van der Waals surface area (Å²) in [5.74, 6) is 1.85. The second-order valence-corrected chi connectivity index (χ2v) is 17.5. The number of hydrogen-bond donors (Lipinski definition) is 0. The fourth-order valence-corrected chi connectivity index (χ4v) is 10.2. The Morgan fingerprint density at radius 3 is 1.59 bits per heavy atom. The zero-order valence-corrected chi connectivity index (χ0v) is 37.0. The number of para-hydroxylation sites is 3. The molecule has 0 aliphatic heterocycles. The Balaban J connectivity index is 0.939. The number of benzene rings is 10. The van der Waals surface area contributed by atoms with Crippen LogP contribution in [0.15, 0.2) is 239 Å². The van der Waals surface area contributed by atoms with Crippen molar-refractivity contribution in [3.63, 3.8) is 0 Å². The molecule has 0 atom stereocenters. The van der Waals surface area contributed by atoms with Gasteiger partial charge < -0.3 is 13.4 Å². The first-order valence-electron chi connectivity index (χ1n) is 23.2. The van der Waals surface area contributed by atoms with Crippen molar-refractivity contribution in [2.75, 3.05) is 0 Å². The molecule has 0 aliphatic carbocycles. The third-order valence-corrected chi connectivity index (χ3v) is 13.5. The lowest BCUT2D eigenvalue weighted by Gasteiger charge is -2.16. The molecule has 69 heavy (non-hydrogen) atoms. The van der Waals surface area contributed by atoms with Crippen LogP contribution in [0.4, 0.5) is 0 Å². The van der Waals surface area contributed by atoms with E-state index in [1.807, 2.05) is 66.7 Å². The Labute approximate surface area is 396 Å². The van der Waals surface area contributed by atoms with E-state index in [0.29, 0.717) is 17.5 Å². The monoisotopic (exact) mass is 882 g/mol. The Morgan fingerprint density at radius 1 is 0.290 bits per heavy atom. The average Bonchev–Trinajstić information content (AvgIpc) is 4.10. The highest BCUT2D eigenvalue weighted by molar-refractivity contribution is 6.18. The van der Waals surface area contributed by atoms with Crippen LogP contribution in [-0.2, 0) is 0 Å². The molecule has 14 rings (SSSR count). The van der Waals surface area contributed by atoms with Crippen LogP contribution in [0, 0.1) is 0 Å². The number of furan rings is 2. The highest BCUT2D eigenvalue weighted by Crippen LogP contribution is 2.46. The van der Waals surface area contributed by atoms with E-state index in [0.717, 1.165) is 99.5 Å². The van der Waals surface area contributed by atoms with Crippen LogP contribution in [0.1, 0.15) is 0 Å². The van der Waals surface area contributed by atoms with Gasteiger partial charge in [-0.25, -0.2) is 15.0 Å². The van der Waals surface area contributed by atoms with E-state index >= 15 is 0 Å². The first kappa shape index (κ1) is 38.8. The van der Waals surface area contributed by atoms with Crippen LogP contribution < -0.4 is 0 Å². The molecule has 0 N–H and O–H groups in total. The smallest absolute Gasteiger partial charge is 0.164 e. The van der Waals surface area contributed by atoms with Crippen molar-refractivity contribution in [2.24, 2.45) is 0 Å². The Morgan fingerprint density at radius 2 is 0.826 bits per heavy atom. The molecule has 322 valence electrons. The molecule has 0 bridgehead atoms. The minimum atomic E-state index is 0.601. The minimum Gasteiger partial charge on any atom is -0.456 e. The van der Waals surface area contributed by atoms with Gasteiger partial charge in [0.2, 0.25) is 0 Å². The summed E-state index contributed by atoms with van der Waals surface area (Å²) in [7, 11) is 0. The predicted molar refractivity (Wildman–Crippen MR) is 281 cm³/mol. The lowest BCUT2D eigenvalue weighted by Crippen LogP contribution is -2.00. The van der Waals surface area contributed by atoms with E-state index in [1.165, 1.54) is 21.9 Å². The van der Waals surface area contributed by atoms with Crippen LogP contribution in [0.3, 0.4) is 0 Å². The summed E-state index contributed by atoms with van der Waals surface area (Å²) in [5, 5.41) is 6.60. The summed E-state index contributed by atoms with van der Waals surface area (Å²) in [5.41, 5.74) is 15.9. The minimum absolute atomic E-state index is 0.601.